The van der Waals surface area contributed by atoms with Crippen molar-refractivity contribution in [3.8, 4) is 0 Å². The highest BCUT2D eigenvalue weighted by Crippen LogP contribution is 2.17. The Morgan fingerprint density at radius 1 is 1.17 bits per heavy atom. The largest absolute Gasteiger partial charge is 0.357 e. The Bertz CT molecular complexity index is 600. The van der Waals surface area contributed by atoms with Gasteiger partial charge in [-0.1, -0.05) is 37.5 Å². The first-order chi connectivity index (χ1) is 11.1. The van der Waals surface area contributed by atoms with E-state index in [2.05, 4.69) is 15.6 Å². The molecule has 1 aliphatic rings. The van der Waals surface area contributed by atoms with Gasteiger partial charge in [-0.25, -0.2) is 8.42 Å². The molecule has 0 aromatic heterocycles. The van der Waals surface area contributed by atoms with Crippen LogP contribution in [0, 0.1) is 0 Å². The van der Waals surface area contributed by atoms with E-state index in [9.17, 15) is 8.42 Å². The molecule has 136 valence electrons. The number of rotatable bonds is 6. The van der Waals surface area contributed by atoms with E-state index in [4.69, 9.17) is 0 Å². The zero-order valence-corrected chi connectivity index (χ0v) is 17.3. The lowest BCUT2D eigenvalue weighted by molar-refractivity contribution is 0.410. The van der Waals surface area contributed by atoms with Gasteiger partial charge < -0.3 is 10.6 Å². The molecule has 0 aliphatic heterocycles. The molecule has 0 amide bonds. The molecule has 2 N–H and O–H groups in total. The van der Waals surface area contributed by atoms with E-state index in [0.29, 0.717) is 10.9 Å². The zero-order valence-electron chi connectivity index (χ0n) is 14.2. The van der Waals surface area contributed by atoms with E-state index in [1.54, 1.807) is 24.3 Å². The van der Waals surface area contributed by atoms with Gasteiger partial charge in [0.1, 0.15) is 0 Å². The number of nitrogens with zero attached hydrogens (tertiary/aromatic N) is 1. The number of sulfone groups is 1. The van der Waals surface area contributed by atoms with Crippen molar-refractivity contribution in [1.82, 2.24) is 10.6 Å². The topological polar surface area (TPSA) is 70.6 Å². The zero-order chi connectivity index (χ0) is 16.5. The van der Waals surface area contributed by atoms with E-state index in [1.165, 1.54) is 19.3 Å². The van der Waals surface area contributed by atoms with Crippen LogP contribution >= 0.6 is 24.0 Å². The van der Waals surface area contributed by atoms with Crippen molar-refractivity contribution in [2.75, 3.05) is 18.8 Å². The monoisotopic (exact) mass is 465 g/mol. The van der Waals surface area contributed by atoms with E-state index >= 15 is 0 Å². The highest BCUT2D eigenvalue weighted by Gasteiger charge is 2.16. The fourth-order valence-electron chi connectivity index (χ4n) is 2.78. The second kappa shape index (κ2) is 10.9. The van der Waals surface area contributed by atoms with Crippen molar-refractivity contribution in [1.29, 1.82) is 0 Å². The third-order valence-electron chi connectivity index (χ3n) is 4.02. The summed E-state index contributed by atoms with van der Waals surface area (Å²) in [6, 6.07) is 9.01. The maximum Gasteiger partial charge on any atom is 0.191 e. The molecule has 5 nitrogen and oxygen atoms in total. The minimum Gasteiger partial charge on any atom is -0.357 e. The fourth-order valence-corrected chi connectivity index (χ4v) is 3.92. The molecule has 1 saturated carbocycles. The molecular formula is C17H28IN3O2S. The van der Waals surface area contributed by atoms with Gasteiger partial charge in [0.05, 0.1) is 17.2 Å². The van der Waals surface area contributed by atoms with E-state index in [-0.39, 0.29) is 36.3 Å². The van der Waals surface area contributed by atoms with Gasteiger partial charge in [-0.3, -0.25) is 4.99 Å². The van der Waals surface area contributed by atoms with Crippen LogP contribution < -0.4 is 10.6 Å². The molecule has 1 aromatic carbocycles. The number of benzene rings is 1. The van der Waals surface area contributed by atoms with Crippen LogP contribution in [0.3, 0.4) is 0 Å². The molecule has 0 bridgehead atoms. The first-order valence-corrected chi connectivity index (χ1v) is 10.1. The lowest BCUT2D eigenvalue weighted by Crippen LogP contribution is -2.44. The van der Waals surface area contributed by atoms with Crippen LogP contribution in [0.15, 0.2) is 40.2 Å². The summed E-state index contributed by atoms with van der Waals surface area (Å²) >= 11 is 0. The molecular weight excluding hydrogens is 437 g/mol. The van der Waals surface area contributed by atoms with Crippen molar-refractivity contribution in [3.05, 3.63) is 30.3 Å². The van der Waals surface area contributed by atoms with Crippen LogP contribution in [-0.2, 0) is 9.84 Å². The summed E-state index contributed by atoms with van der Waals surface area (Å²) in [5, 5.41) is 6.63. The normalized spacial score (nSPS) is 16.3. The number of halogens is 1. The first-order valence-electron chi connectivity index (χ1n) is 8.44. The molecule has 7 heteroatoms. The van der Waals surface area contributed by atoms with Gasteiger partial charge in [-0.15, -0.1) is 24.0 Å². The Morgan fingerprint density at radius 2 is 1.83 bits per heavy atom. The van der Waals surface area contributed by atoms with Crippen LogP contribution in [-0.4, -0.2) is 39.3 Å². The lowest BCUT2D eigenvalue weighted by Gasteiger charge is -2.24. The molecule has 0 spiro atoms. The van der Waals surface area contributed by atoms with Gasteiger partial charge >= 0.3 is 0 Å². The highest BCUT2D eigenvalue weighted by atomic mass is 127. The number of hydrogen-bond donors (Lipinski definition) is 2. The Balaban J connectivity index is 0.00000288. The van der Waals surface area contributed by atoms with E-state index < -0.39 is 9.84 Å². The average molecular weight is 465 g/mol. The summed E-state index contributed by atoms with van der Waals surface area (Å²) in [5.41, 5.74) is 0. The van der Waals surface area contributed by atoms with E-state index in [1.807, 2.05) is 13.0 Å². The van der Waals surface area contributed by atoms with Crippen LogP contribution in [0.4, 0.5) is 0 Å². The van der Waals surface area contributed by atoms with Gasteiger partial charge in [0.15, 0.2) is 15.8 Å². The molecule has 0 saturated heterocycles. The van der Waals surface area contributed by atoms with Gasteiger partial charge in [-0.05, 0) is 31.9 Å². The van der Waals surface area contributed by atoms with Crippen LogP contribution in [0.2, 0.25) is 0 Å². The molecule has 1 aliphatic carbocycles. The van der Waals surface area contributed by atoms with E-state index in [0.717, 1.165) is 25.3 Å². The van der Waals surface area contributed by atoms with Crippen molar-refractivity contribution >= 4 is 39.8 Å². The molecule has 2 rings (SSSR count). The van der Waals surface area contributed by atoms with Crippen molar-refractivity contribution in [2.24, 2.45) is 4.99 Å². The third-order valence-corrected chi connectivity index (χ3v) is 5.73. The van der Waals surface area contributed by atoms with Crippen LogP contribution in [0.1, 0.15) is 39.0 Å². The number of nitrogens with one attached hydrogen (secondary N) is 2. The predicted octanol–water partition coefficient (Wildman–Crippen LogP) is 2.97. The fraction of sp³-hybridized carbons (Fsp3) is 0.588. The molecule has 0 radical (unpaired) electrons. The summed E-state index contributed by atoms with van der Waals surface area (Å²) in [7, 11) is -3.27. The summed E-state index contributed by atoms with van der Waals surface area (Å²) in [6.07, 6.45) is 6.12. The standard InChI is InChI=1S/C17H27N3O2S.HI/c1-2-18-17(20-15-9-5-3-6-10-15)19-13-14-23(21,22)16-11-7-4-8-12-16;/h4,7-8,11-12,15H,2-3,5-6,9-10,13-14H2,1H3,(H2,18,19,20);1H. The van der Waals surface area contributed by atoms with Crippen molar-refractivity contribution in [2.45, 2.75) is 50.0 Å². The van der Waals surface area contributed by atoms with Gasteiger partial charge in [0, 0.05) is 12.6 Å². The Morgan fingerprint density at radius 3 is 2.46 bits per heavy atom. The minimum atomic E-state index is -3.27. The quantitative estimate of drug-likeness (QED) is 0.385. The summed E-state index contributed by atoms with van der Waals surface area (Å²) < 4.78 is 24.5. The lowest BCUT2D eigenvalue weighted by atomic mass is 9.96. The predicted molar refractivity (Wildman–Crippen MR) is 110 cm³/mol. The van der Waals surface area contributed by atoms with Gasteiger partial charge in [0.25, 0.3) is 0 Å². The Hall–Kier alpha value is -0.830. The molecule has 1 fully saturated rings. The van der Waals surface area contributed by atoms with Crippen LogP contribution in [0.5, 0.6) is 0 Å². The summed E-state index contributed by atoms with van der Waals surface area (Å²) in [5.74, 6) is 0.751. The number of hydrogen-bond acceptors (Lipinski definition) is 3. The molecule has 24 heavy (non-hydrogen) atoms. The van der Waals surface area contributed by atoms with Crippen molar-refractivity contribution < 1.29 is 8.42 Å². The van der Waals surface area contributed by atoms with Crippen molar-refractivity contribution in [3.63, 3.8) is 0 Å². The maximum absolute atomic E-state index is 12.3. The summed E-state index contributed by atoms with van der Waals surface area (Å²) in [6.45, 7) is 3.04. The second-order valence-corrected chi connectivity index (χ2v) is 7.98. The highest BCUT2D eigenvalue weighted by molar-refractivity contribution is 14.0. The molecule has 0 atom stereocenters. The Labute approximate surface area is 162 Å². The Kier molecular flexibility index (Phi) is 9.65. The number of guanidine groups is 1. The van der Waals surface area contributed by atoms with Gasteiger partial charge in [-0.2, -0.15) is 0 Å². The molecule has 0 unspecified atom stereocenters. The number of aliphatic imine (C=N–C) groups is 1. The minimum absolute atomic E-state index is 0. The summed E-state index contributed by atoms with van der Waals surface area (Å²) in [4.78, 5) is 4.80. The maximum atomic E-state index is 12.3. The average Bonchev–Trinajstić information content (AvgIpc) is 2.56. The molecule has 0 heterocycles. The first kappa shape index (κ1) is 21.2. The molecule has 1 aromatic rings. The third kappa shape index (κ3) is 6.96. The smallest absolute Gasteiger partial charge is 0.191 e. The second-order valence-electron chi connectivity index (χ2n) is 5.87. The van der Waals surface area contributed by atoms with Crippen LogP contribution in [0.25, 0.3) is 0 Å². The van der Waals surface area contributed by atoms with Gasteiger partial charge in [0.2, 0.25) is 0 Å². The SMILES string of the molecule is CCNC(=NCCS(=O)(=O)c1ccccc1)NC1CCCCC1.I.